The summed E-state index contributed by atoms with van der Waals surface area (Å²) in [6, 6.07) is 3.41. The smallest absolute Gasteiger partial charge is 0.174 e. The molecule has 5 nitrogen and oxygen atoms in total. The maximum atomic E-state index is 11.0. The molecule has 0 saturated carbocycles. The van der Waals surface area contributed by atoms with E-state index in [2.05, 4.69) is 15.2 Å². The van der Waals surface area contributed by atoms with Gasteiger partial charge in [-0.25, -0.2) is 4.98 Å². The molecule has 0 fully saturated rings. The maximum absolute atomic E-state index is 11.0. The Kier molecular flexibility index (Phi) is 2.06. The van der Waals surface area contributed by atoms with Gasteiger partial charge in [0.25, 0.3) is 0 Å². The van der Waals surface area contributed by atoms with Gasteiger partial charge in [0, 0.05) is 11.8 Å². The summed E-state index contributed by atoms with van der Waals surface area (Å²) < 4.78 is 0. The molecule has 0 atom stereocenters. The molecule has 0 radical (unpaired) electrons. The third kappa shape index (κ3) is 1.52. The van der Waals surface area contributed by atoms with Gasteiger partial charge in [0.05, 0.1) is 12.4 Å². The Morgan fingerprint density at radius 2 is 2.00 bits per heavy atom. The average molecular weight is 188 g/mol. The van der Waals surface area contributed by atoms with Crippen LogP contribution in [0.3, 0.4) is 0 Å². The molecule has 0 saturated heterocycles. The first-order valence-electron chi connectivity index (χ1n) is 4.11. The highest BCUT2D eigenvalue weighted by Crippen LogP contribution is 2.03. The number of hydrogen-bond donors (Lipinski definition) is 0. The minimum Gasteiger partial charge on any atom is -0.294 e. The summed E-state index contributed by atoms with van der Waals surface area (Å²) in [4.78, 5) is 16.4. The van der Waals surface area contributed by atoms with Crippen LogP contribution in [0, 0.1) is 0 Å². The highest BCUT2D eigenvalue weighted by molar-refractivity contribution is 5.93. The van der Waals surface area contributed by atoms with Crippen LogP contribution in [0.5, 0.6) is 0 Å². The number of pyridine rings is 1. The Balaban J connectivity index is 2.36. The fourth-order valence-corrected chi connectivity index (χ4v) is 1.05. The number of Topliss-reactive ketones (excluding diaryl/α,β-unsaturated/α-hetero) is 1. The Labute approximate surface area is 80.4 Å². The van der Waals surface area contributed by atoms with Crippen LogP contribution < -0.4 is 0 Å². The molecule has 0 amide bonds. The van der Waals surface area contributed by atoms with Gasteiger partial charge in [-0.05, 0) is 19.1 Å². The van der Waals surface area contributed by atoms with Crippen LogP contribution in [-0.2, 0) is 0 Å². The van der Waals surface area contributed by atoms with Crippen LogP contribution in [-0.4, -0.2) is 25.8 Å². The van der Waals surface area contributed by atoms with E-state index >= 15 is 0 Å². The number of nitrogens with zero attached hydrogens (tertiary/aromatic N) is 4. The van der Waals surface area contributed by atoms with E-state index in [1.165, 1.54) is 17.9 Å². The highest BCUT2D eigenvalue weighted by atomic mass is 16.1. The molecule has 2 rings (SSSR count). The minimum atomic E-state index is -0.00234. The molecule has 70 valence electrons. The molecule has 0 unspecified atom stereocenters. The molecule has 5 heteroatoms. The van der Waals surface area contributed by atoms with Crippen molar-refractivity contribution in [3.63, 3.8) is 0 Å². The second-order valence-corrected chi connectivity index (χ2v) is 2.78. The molecule has 0 N–H and O–H groups in total. The van der Waals surface area contributed by atoms with Crippen LogP contribution in [0.1, 0.15) is 17.3 Å². The zero-order valence-electron chi connectivity index (χ0n) is 7.58. The fraction of sp³-hybridized carbons (Fsp3) is 0.111. The Hall–Kier alpha value is -2.04. The predicted molar refractivity (Wildman–Crippen MR) is 49.2 cm³/mol. The lowest BCUT2D eigenvalue weighted by Gasteiger charge is -1.98. The van der Waals surface area contributed by atoms with E-state index in [0.717, 1.165) is 0 Å². The molecule has 2 heterocycles. The predicted octanol–water partition coefficient (Wildman–Crippen LogP) is 0.865. The van der Waals surface area contributed by atoms with Gasteiger partial charge in [-0.15, -0.1) is 4.80 Å². The topological polar surface area (TPSA) is 60.7 Å². The Bertz CT molecular complexity index is 432. The maximum Gasteiger partial charge on any atom is 0.174 e. The Morgan fingerprint density at radius 3 is 2.50 bits per heavy atom. The summed E-state index contributed by atoms with van der Waals surface area (Å²) in [5.74, 6) is 0.595. The van der Waals surface area contributed by atoms with Crippen molar-refractivity contribution in [1.82, 2.24) is 20.0 Å². The van der Waals surface area contributed by atoms with Crippen molar-refractivity contribution in [1.29, 1.82) is 0 Å². The molecule has 0 aliphatic heterocycles. The van der Waals surface area contributed by atoms with E-state index in [9.17, 15) is 4.79 Å². The summed E-state index contributed by atoms with van der Waals surface area (Å²) >= 11 is 0. The molecule has 14 heavy (non-hydrogen) atoms. The monoisotopic (exact) mass is 188 g/mol. The van der Waals surface area contributed by atoms with Crippen LogP contribution in [0.15, 0.2) is 30.7 Å². The fourth-order valence-electron chi connectivity index (χ4n) is 1.05. The number of hydrogen-bond acceptors (Lipinski definition) is 4. The molecule has 2 aromatic heterocycles. The molecule has 0 spiro atoms. The van der Waals surface area contributed by atoms with Gasteiger partial charge >= 0.3 is 0 Å². The van der Waals surface area contributed by atoms with Gasteiger partial charge in [0.1, 0.15) is 0 Å². The normalized spacial score (nSPS) is 10.1. The van der Waals surface area contributed by atoms with Crippen LogP contribution >= 0.6 is 0 Å². The standard InChI is InChI=1S/C9H8N4O/c1-7(14)8-2-3-9(10-6-8)13-11-4-5-12-13/h2-6H,1H3. The summed E-state index contributed by atoms with van der Waals surface area (Å²) in [5.41, 5.74) is 0.584. The van der Waals surface area contributed by atoms with Crippen molar-refractivity contribution >= 4 is 5.78 Å². The van der Waals surface area contributed by atoms with Gasteiger partial charge in [-0.3, -0.25) is 4.79 Å². The molecule has 0 aromatic carbocycles. The lowest BCUT2D eigenvalue weighted by atomic mass is 10.2. The second-order valence-electron chi connectivity index (χ2n) is 2.78. The number of aromatic nitrogens is 4. The van der Waals surface area contributed by atoms with Gasteiger partial charge in [0.15, 0.2) is 11.6 Å². The molecular weight excluding hydrogens is 180 g/mol. The lowest BCUT2D eigenvalue weighted by Crippen LogP contribution is -2.02. The van der Waals surface area contributed by atoms with Crippen molar-refractivity contribution in [3.8, 4) is 5.82 Å². The van der Waals surface area contributed by atoms with Crippen LogP contribution in [0.4, 0.5) is 0 Å². The summed E-state index contributed by atoms with van der Waals surface area (Å²) in [6.07, 6.45) is 4.65. The summed E-state index contributed by atoms with van der Waals surface area (Å²) in [6.45, 7) is 1.50. The third-order valence-corrected chi connectivity index (χ3v) is 1.78. The molecule has 0 aliphatic rings. The van der Waals surface area contributed by atoms with Gasteiger partial charge in [0.2, 0.25) is 0 Å². The van der Waals surface area contributed by atoms with Crippen molar-refractivity contribution in [3.05, 3.63) is 36.3 Å². The summed E-state index contributed by atoms with van der Waals surface area (Å²) in [7, 11) is 0. The average Bonchev–Trinajstić information content (AvgIpc) is 2.71. The quantitative estimate of drug-likeness (QED) is 0.656. The second kappa shape index (κ2) is 3.37. The van der Waals surface area contributed by atoms with Crippen molar-refractivity contribution in [2.45, 2.75) is 6.92 Å². The zero-order valence-corrected chi connectivity index (χ0v) is 7.58. The minimum absolute atomic E-state index is 0.00234. The van der Waals surface area contributed by atoms with Gasteiger partial charge in [-0.2, -0.15) is 10.2 Å². The van der Waals surface area contributed by atoms with Gasteiger partial charge in [-0.1, -0.05) is 0 Å². The van der Waals surface area contributed by atoms with Crippen molar-refractivity contribution < 1.29 is 4.79 Å². The van der Waals surface area contributed by atoms with Crippen LogP contribution in [0.25, 0.3) is 5.82 Å². The number of rotatable bonds is 2. The van der Waals surface area contributed by atoms with E-state index in [4.69, 9.17) is 0 Å². The molecular formula is C9H8N4O. The number of carbonyl (C=O) groups excluding carboxylic acids is 1. The first-order valence-corrected chi connectivity index (χ1v) is 4.11. The summed E-state index contributed by atoms with van der Waals surface area (Å²) in [5, 5.41) is 7.84. The van der Waals surface area contributed by atoms with Gasteiger partial charge < -0.3 is 0 Å². The van der Waals surface area contributed by atoms with E-state index in [0.29, 0.717) is 11.4 Å². The first kappa shape index (κ1) is 8.55. The van der Waals surface area contributed by atoms with E-state index in [1.807, 2.05) is 0 Å². The molecule has 0 aliphatic carbocycles. The van der Waals surface area contributed by atoms with E-state index in [1.54, 1.807) is 24.5 Å². The van der Waals surface area contributed by atoms with Crippen molar-refractivity contribution in [2.75, 3.05) is 0 Å². The zero-order chi connectivity index (χ0) is 9.97. The first-order chi connectivity index (χ1) is 6.77. The lowest BCUT2D eigenvalue weighted by molar-refractivity contribution is 0.101. The van der Waals surface area contributed by atoms with Crippen LogP contribution in [0.2, 0.25) is 0 Å². The van der Waals surface area contributed by atoms with E-state index < -0.39 is 0 Å². The SMILES string of the molecule is CC(=O)c1ccc(-n2nccn2)nc1. The van der Waals surface area contributed by atoms with E-state index in [-0.39, 0.29) is 5.78 Å². The Morgan fingerprint density at radius 1 is 1.29 bits per heavy atom. The highest BCUT2D eigenvalue weighted by Gasteiger charge is 2.01. The largest absolute Gasteiger partial charge is 0.294 e. The van der Waals surface area contributed by atoms with Crippen molar-refractivity contribution in [2.24, 2.45) is 0 Å². The third-order valence-electron chi connectivity index (χ3n) is 1.78. The molecule has 2 aromatic rings. The number of carbonyl (C=O) groups is 1. The number of ketones is 1. The molecule has 0 bridgehead atoms.